The number of amides is 1. The molecule has 1 aromatic carbocycles. The number of hydrogen-bond donors (Lipinski definition) is 2. The minimum absolute atomic E-state index is 0.0696. The maximum atomic E-state index is 13.1. The number of aromatic nitrogens is 2. The normalized spacial score (nSPS) is 10.2. The molecular weight excluding hydrogens is 247 g/mol. The van der Waals surface area contributed by atoms with Crippen LogP contribution in [0.15, 0.2) is 30.5 Å². The van der Waals surface area contributed by atoms with Gasteiger partial charge < -0.3 is 11.1 Å². The molecule has 0 radical (unpaired) electrons. The van der Waals surface area contributed by atoms with Gasteiger partial charge in [-0.3, -0.25) is 4.79 Å². The lowest BCUT2D eigenvalue weighted by Crippen LogP contribution is -2.24. The highest BCUT2D eigenvalue weighted by Crippen LogP contribution is 2.18. The Bertz CT molecular complexity index is 615. The highest BCUT2D eigenvalue weighted by Gasteiger charge is 2.12. The molecule has 0 saturated heterocycles. The zero-order valence-corrected chi connectivity index (χ0v) is 10.4. The van der Waals surface area contributed by atoms with E-state index in [-0.39, 0.29) is 28.9 Å². The van der Waals surface area contributed by atoms with E-state index in [9.17, 15) is 9.18 Å². The Balaban J connectivity index is 2.36. The van der Waals surface area contributed by atoms with E-state index in [1.807, 2.05) is 0 Å². The third-order valence-corrected chi connectivity index (χ3v) is 2.48. The van der Waals surface area contributed by atoms with Crippen molar-refractivity contribution in [2.75, 3.05) is 12.3 Å². The quantitative estimate of drug-likeness (QED) is 0.878. The first-order valence-corrected chi connectivity index (χ1v) is 5.78. The van der Waals surface area contributed by atoms with Crippen molar-refractivity contribution in [3.63, 3.8) is 0 Å². The van der Waals surface area contributed by atoms with Gasteiger partial charge in [0.05, 0.1) is 5.56 Å². The number of halogens is 1. The van der Waals surface area contributed by atoms with Crippen LogP contribution >= 0.6 is 0 Å². The average molecular weight is 260 g/mol. The van der Waals surface area contributed by atoms with Gasteiger partial charge in [-0.15, -0.1) is 0 Å². The van der Waals surface area contributed by atoms with Crippen LogP contribution in [0.2, 0.25) is 0 Å². The van der Waals surface area contributed by atoms with Crippen LogP contribution in [-0.2, 0) is 0 Å². The summed E-state index contributed by atoms with van der Waals surface area (Å²) in [6.07, 6.45) is 1.34. The first-order chi connectivity index (χ1) is 9.11. The molecule has 0 unspecified atom stereocenters. The fraction of sp³-hybridized carbons (Fsp3) is 0.154. The number of rotatable bonds is 3. The van der Waals surface area contributed by atoms with Gasteiger partial charge in [0.25, 0.3) is 5.91 Å². The van der Waals surface area contributed by atoms with Crippen LogP contribution in [0.5, 0.6) is 0 Å². The Labute approximate surface area is 109 Å². The summed E-state index contributed by atoms with van der Waals surface area (Å²) in [7, 11) is 0. The van der Waals surface area contributed by atoms with E-state index in [4.69, 9.17) is 5.73 Å². The van der Waals surface area contributed by atoms with Crippen molar-refractivity contribution in [1.29, 1.82) is 0 Å². The van der Waals surface area contributed by atoms with Gasteiger partial charge in [-0.2, -0.15) is 0 Å². The van der Waals surface area contributed by atoms with Crippen LogP contribution in [-0.4, -0.2) is 22.4 Å². The van der Waals surface area contributed by atoms with E-state index in [1.165, 1.54) is 18.3 Å². The largest absolute Gasteiger partial charge is 0.383 e. The zero-order valence-electron chi connectivity index (χ0n) is 10.4. The number of carbonyl (C=O) groups is 1. The number of nitrogen functional groups attached to an aromatic ring is 1. The van der Waals surface area contributed by atoms with Gasteiger partial charge in [0.15, 0.2) is 5.82 Å². The molecule has 0 bridgehead atoms. The molecule has 1 amide bonds. The molecule has 0 aliphatic heterocycles. The van der Waals surface area contributed by atoms with E-state index in [1.54, 1.807) is 19.1 Å². The van der Waals surface area contributed by atoms with Crippen molar-refractivity contribution in [2.24, 2.45) is 0 Å². The maximum Gasteiger partial charge on any atom is 0.256 e. The Morgan fingerprint density at radius 2 is 2.26 bits per heavy atom. The van der Waals surface area contributed by atoms with Crippen LogP contribution in [0.3, 0.4) is 0 Å². The first-order valence-electron chi connectivity index (χ1n) is 5.78. The summed E-state index contributed by atoms with van der Waals surface area (Å²) >= 11 is 0. The summed E-state index contributed by atoms with van der Waals surface area (Å²) in [5.74, 6) is -0.358. The molecule has 0 fully saturated rings. The van der Waals surface area contributed by atoms with Crippen LogP contribution < -0.4 is 11.1 Å². The summed E-state index contributed by atoms with van der Waals surface area (Å²) in [5, 5.41) is 2.61. The van der Waals surface area contributed by atoms with Crippen molar-refractivity contribution < 1.29 is 9.18 Å². The molecule has 0 saturated carbocycles. The fourth-order valence-corrected chi connectivity index (χ4v) is 1.59. The number of nitrogens with zero attached hydrogens (tertiary/aromatic N) is 2. The second-order valence-corrected chi connectivity index (χ2v) is 3.86. The highest BCUT2D eigenvalue weighted by atomic mass is 19.1. The second-order valence-electron chi connectivity index (χ2n) is 3.86. The second kappa shape index (κ2) is 5.43. The van der Waals surface area contributed by atoms with E-state index in [0.717, 1.165) is 0 Å². The Hall–Kier alpha value is -2.50. The Kier molecular flexibility index (Phi) is 3.70. The van der Waals surface area contributed by atoms with Crippen LogP contribution in [0.1, 0.15) is 17.3 Å². The molecular formula is C13H13FN4O. The van der Waals surface area contributed by atoms with Crippen LogP contribution in [0, 0.1) is 5.82 Å². The standard InChI is InChI=1S/C13H13FN4O/c1-2-16-13(19)10-7-17-12(18-11(10)15)8-4-3-5-9(14)6-8/h3-7H,2H2,1H3,(H,16,19)(H2,15,17,18). The van der Waals surface area contributed by atoms with Crippen LogP contribution in [0.25, 0.3) is 11.4 Å². The van der Waals surface area contributed by atoms with Gasteiger partial charge in [0.2, 0.25) is 0 Å². The third-order valence-electron chi connectivity index (χ3n) is 2.48. The van der Waals surface area contributed by atoms with Crippen molar-refractivity contribution in [1.82, 2.24) is 15.3 Å². The Morgan fingerprint density at radius 3 is 2.89 bits per heavy atom. The number of carbonyl (C=O) groups excluding carboxylic acids is 1. The number of hydrogen-bond acceptors (Lipinski definition) is 4. The average Bonchev–Trinajstić information content (AvgIpc) is 2.38. The zero-order chi connectivity index (χ0) is 13.8. The molecule has 98 valence electrons. The molecule has 2 rings (SSSR count). The fourth-order valence-electron chi connectivity index (χ4n) is 1.59. The smallest absolute Gasteiger partial charge is 0.256 e. The molecule has 0 aliphatic rings. The predicted molar refractivity (Wildman–Crippen MR) is 69.8 cm³/mol. The topological polar surface area (TPSA) is 80.9 Å². The third kappa shape index (κ3) is 2.85. The molecule has 6 heteroatoms. The van der Waals surface area contributed by atoms with E-state index in [0.29, 0.717) is 12.1 Å². The van der Waals surface area contributed by atoms with Crippen molar-refractivity contribution in [3.05, 3.63) is 41.8 Å². The molecule has 1 heterocycles. The van der Waals surface area contributed by atoms with E-state index >= 15 is 0 Å². The van der Waals surface area contributed by atoms with Crippen molar-refractivity contribution in [2.45, 2.75) is 6.92 Å². The predicted octanol–water partition coefficient (Wildman–Crippen LogP) is 1.61. The highest BCUT2D eigenvalue weighted by molar-refractivity contribution is 5.98. The molecule has 0 aliphatic carbocycles. The van der Waals surface area contributed by atoms with Crippen molar-refractivity contribution in [3.8, 4) is 11.4 Å². The number of anilines is 1. The summed E-state index contributed by atoms with van der Waals surface area (Å²) in [6.45, 7) is 2.29. The number of nitrogens with two attached hydrogens (primary N) is 1. The molecule has 2 aromatic rings. The van der Waals surface area contributed by atoms with Gasteiger partial charge in [0.1, 0.15) is 11.6 Å². The van der Waals surface area contributed by atoms with E-state index in [2.05, 4.69) is 15.3 Å². The summed E-state index contributed by atoms with van der Waals surface area (Å²) in [6, 6.07) is 5.86. The number of nitrogens with one attached hydrogen (secondary N) is 1. The molecule has 0 atom stereocenters. The molecule has 19 heavy (non-hydrogen) atoms. The lowest BCUT2D eigenvalue weighted by Gasteiger charge is -2.06. The molecule has 0 spiro atoms. The lowest BCUT2D eigenvalue weighted by molar-refractivity contribution is 0.0956. The first kappa shape index (κ1) is 12.9. The Morgan fingerprint density at radius 1 is 1.47 bits per heavy atom. The lowest BCUT2D eigenvalue weighted by atomic mass is 10.2. The molecule has 3 N–H and O–H groups in total. The van der Waals surface area contributed by atoms with Crippen molar-refractivity contribution >= 4 is 11.7 Å². The minimum Gasteiger partial charge on any atom is -0.383 e. The maximum absolute atomic E-state index is 13.1. The summed E-state index contributed by atoms with van der Waals surface area (Å²) in [5.41, 5.74) is 6.44. The summed E-state index contributed by atoms with van der Waals surface area (Å²) in [4.78, 5) is 19.7. The number of benzene rings is 1. The molecule has 5 nitrogen and oxygen atoms in total. The minimum atomic E-state index is -0.382. The van der Waals surface area contributed by atoms with Gasteiger partial charge >= 0.3 is 0 Å². The van der Waals surface area contributed by atoms with Gasteiger partial charge in [-0.1, -0.05) is 12.1 Å². The monoisotopic (exact) mass is 260 g/mol. The van der Waals surface area contributed by atoms with Gasteiger partial charge in [0, 0.05) is 18.3 Å². The molecule has 1 aromatic heterocycles. The van der Waals surface area contributed by atoms with Crippen LogP contribution in [0.4, 0.5) is 10.2 Å². The van der Waals surface area contributed by atoms with Gasteiger partial charge in [-0.05, 0) is 19.1 Å². The van der Waals surface area contributed by atoms with E-state index < -0.39 is 0 Å². The van der Waals surface area contributed by atoms with Gasteiger partial charge in [-0.25, -0.2) is 14.4 Å². The SMILES string of the molecule is CCNC(=O)c1cnc(-c2cccc(F)c2)nc1N. The summed E-state index contributed by atoms with van der Waals surface area (Å²) < 4.78 is 13.1.